The standard InChI is InChI=1S/C25H20O5/c1-17(2)23(26)16-18-8-12-21(13-9-18)29-25(28)30-22-14-10-20(11-15-22)24(27)19-6-4-3-5-7-19/h3-15H,1,16H2,2H3. The van der Waals surface area contributed by atoms with Crippen molar-refractivity contribution in [1.29, 1.82) is 0 Å². The van der Waals surface area contributed by atoms with E-state index >= 15 is 0 Å². The van der Waals surface area contributed by atoms with E-state index in [0.29, 0.717) is 22.4 Å². The van der Waals surface area contributed by atoms with Gasteiger partial charge < -0.3 is 9.47 Å². The first kappa shape index (κ1) is 20.7. The quantitative estimate of drug-likeness (QED) is 0.236. The lowest BCUT2D eigenvalue weighted by molar-refractivity contribution is -0.114. The minimum atomic E-state index is -0.900. The fourth-order valence-electron chi connectivity index (χ4n) is 2.66. The third-order valence-electron chi connectivity index (χ3n) is 4.32. The van der Waals surface area contributed by atoms with E-state index in [9.17, 15) is 14.4 Å². The Morgan fingerprint density at radius 2 is 1.23 bits per heavy atom. The molecular weight excluding hydrogens is 380 g/mol. The Balaban J connectivity index is 1.56. The zero-order valence-electron chi connectivity index (χ0n) is 16.5. The van der Waals surface area contributed by atoms with Gasteiger partial charge in [-0.3, -0.25) is 9.59 Å². The molecule has 0 aliphatic carbocycles. The number of carbonyl (C=O) groups is 3. The van der Waals surface area contributed by atoms with Crippen LogP contribution >= 0.6 is 0 Å². The Labute approximate surface area is 174 Å². The van der Waals surface area contributed by atoms with Crippen LogP contribution < -0.4 is 9.47 Å². The van der Waals surface area contributed by atoms with Gasteiger partial charge in [-0.15, -0.1) is 0 Å². The molecule has 0 aliphatic heterocycles. The summed E-state index contributed by atoms with van der Waals surface area (Å²) in [6.07, 6.45) is -0.656. The molecule has 3 rings (SSSR count). The summed E-state index contributed by atoms with van der Waals surface area (Å²) in [7, 11) is 0. The molecule has 0 aliphatic rings. The molecule has 0 saturated carbocycles. The van der Waals surface area contributed by atoms with E-state index in [1.165, 1.54) is 12.1 Å². The number of rotatable bonds is 7. The van der Waals surface area contributed by atoms with Gasteiger partial charge in [0.2, 0.25) is 0 Å². The Hall–Kier alpha value is -3.99. The molecule has 0 spiro atoms. The zero-order valence-corrected chi connectivity index (χ0v) is 16.5. The Morgan fingerprint density at radius 1 is 0.733 bits per heavy atom. The second-order valence-electron chi connectivity index (χ2n) is 6.70. The second-order valence-corrected chi connectivity index (χ2v) is 6.70. The smallest absolute Gasteiger partial charge is 0.395 e. The number of ether oxygens (including phenoxy) is 2. The van der Waals surface area contributed by atoms with Gasteiger partial charge in [0, 0.05) is 17.5 Å². The van der Waals surface area contributed by atoms with Crippen LogP contribution in [0.2, 0.25) is 0 Å². The van der Waals surface area contributed by atoms with E-state index in [4.69, 9.17) is 9.47 Å². The molecule has 5 nitrogen and oxygen atoms in total. The van der Waals surface area contributed by atoms with Gasteiger partial charge in [-0.2, -0.15) is 0 Å². The molecule has 0 fully saturated rings. The Bertz CT molecular complexity index is 1060. The van der Waals surface area contributed by atoms with E-state index in [0.717, 1.165) is 5.56 Å². The van der Waals surface area contributed by atoms with E-state index < -0.39 is 6.16 Å². The van der Waals surface area contributed by atoms with Gasteiger partial charge in [0.1, 0.15) is 11.5 Å². The highest BCUT2D eigenvalue weighted by Gasteiger charge is 2.12. The highest BCUT2D eigenvalue weighted by atomic mass is 16.7. The van der Waals surface area contributed by atoms with Crippen LogP contribution in [-0.4, -0.2) is 17.7 Å². The van der Waals surface area contributed by atoms with Crippen LogP contribution in [0.15, 0.2) is 91.0 Å². The van der Waals surface area contributed by atoms with E-state index in [-0.39, 0.29) is 23.7 Å². The van der Waals surface area contributed by atoms with Crippen molar-refractivity contribution in [2.75, 3.05) is 0 Å². The zero-order chi connectivity index (χ0) is 21.5. The Kier molecular flexibility index (Phi) is 6.55. The van der Waals surface area contributed by atoms with Crippen molar-refractivity contribution in [1.82, 2.24) is 0 Å². The molecular formula is C25H20O5. The topological polar surface area (TPSA) is 69.7 Å². The normalized spacial score (nSPS) is 10.2. The van der Waals surface area contributed by atoms with Crippen molar-refractivity contribution in [2.24, 2.45) is 0 Å². The lowest BCUT2D eigenvalue weighted by Gasteiger charge is -2.07. The maximum Gasteiger partial charge on any atom is 0.519 e. The average molecular weight is 400 g/mol. The largest absolute Gasteiger partial charge is 0.519 e. The molecule has 0 atom stereocenters. The van der Waals surface area contributed by atoms with Crippen LogP contribution in [0.25, 0.3) is 0 Å². The van der Waals surface area contributed by atoms with Crippen molar-refractivity contribution in [3.05, 3.63) is 108 Å². The average Bonchev–Trinajstić information content (AvgIpc) is 2.75. The summed E-state index contributed by atoms with van der Waals surface area (Å²) in [5.74, 6) is 0.392. The molecule has 150 valence electrons. The van der Waals surface area contributed by atoms with Gasteiger partial charge >= 0.3 is 6.16 Å². The first-order chi connectivity index (χ1) is 14.4. The molecule has 3 aromatic rings. The van der Waals surface area contributed by atoms with Gasteiger partial charge in [0.05, 0.1) is 0 Å². The highest BCUT2D eigenvalue weighted by Crippen LogP contribution is 2.18. The minimum absolute atomic E-state index is 0.0442. The highest BCUT2D eigenvalue weighted by molar-refractivity contribution is 6.09. The van der Waals surface area contributed by atoms with Gasteiger partial charge in [0.15, 0.2) is 11.6 Å². The third-order valence-corrected chi connectivity index (χ3v) is 4.32. The third kappa shape index (κ3) is 5.52. The van der Waals surface area contributed by atoms with Gasteiger partial charge in [-0.25, -0.2) is 4.79 Å². The molecule has 0 heterocycles. The maximum absolute atomic E-state index is 12.4. The molecule has 0 saturated heterocycles. The molecule has 0 aromatic heterocycles. The molecule has 0 unspecified atom stereocenters. The summed E-state index contributed by atoms with van der Waals surface area (Å²) in [6, 6.07) is 21.7. The minimum Gasteiger partial charge on any atom is -0.395 e. The van der Waals surface area contributed by atoms with Crippen LogP contribution in [0.5, 0.6) is 11.5 Å². The van der Waals surface area contributed by atoms with Crippen LogP contribution in [-0.2, 0) is 11.2 Å². The molecule has 0 N–H and O–H groups in total. The summed E-state index contributed by atoms with van der Waals surface area (Å²) in [5, 5.41) is 0. The van der Waals surface area contributed by atoms with Crippen molar-refractivity contribution in [3.8, 4) is 11.5 Å². The van der Waals surface area contributed by atoms with Crippen molar-refractivity contribution in [2.45, 2.75) is 13.3 Å². The number of hydrogen-bond acceptors (Lipinski definition) is 5. The van der Waals surface area contributed by atoms with Crippen molar-refractivity contribution < 1.29 is 23.9 Å². The summed E-state index contributed by atoms with van der Waals surface area (Å²) >= 11 is 0. The number of carbonyl (C=O) groups excluding carboxylic acids is 3. The molecule has 0 radical (unpaired) electrons. The summed E-state index contributed by atoms with van der Waals surface area (Å²) in [4.78, 5) is 36.1. The fraction of sp³-hybridized carbons (Fsp3) is 0.0800. The summed E-state index contributed by atoms with van der Waals surface area (Å²) in [6.45, 7) is 5.29. The second kappa shape index (κ2) is 9.47. The predicted molar refractivity (Wildman–Crippen MR) is 113 cm³/mol. The molecule has 30 heavy (non-hydrogen) atoms. The number of allylic oxidation sites excluding steroid dienone is 1. The molecule has 5 heteroatoms. The van der Waals surface area contributed by atoms with Gasteiger partial charge in [-0.1, -0.05) is 49.0 Å². The number of hydrogen-bond donors (Lipinski definition) is 0. The summed E-state index contributed by atoms with van der Waals surface area (Å²) < 4.78 is 10.3. The van der Waals surface area contributed by atoms with E-state index in [1.54, 1.807) is 67.6 Å². The van der Waals surface area contributed by atoms with Crippen molar-refractivity contribution >= 4 is 17.7 Å². The van der Waals surface area contributed by atoms with Crippen LogP contribution in [0.1, 0.15) is 28.4 Å². The molecule has 0 amide bonds. The van der Waals surface area contributed by atoms with Crippen LogP contribution in [0.3, 0.4) is 0 Å². The van der Waals surface area contributed by atoms with Crippen LogP contribution in [0.4, 0.5) is 4.79 Å². The Morgan fingerprint density at radius 3 is 1.77 bits per heavy atom. The number of benzene rings is 3. The first-order valence-corrected chi connectivity index (χ1v) is 9.29. The van der Waals surface area contributed by atoms with Gasteiger partial charge in [0.25, 0.3) is 0 Å². The first-order valence-electron chi connectivity index (χ1n) is 9.29. The number of ketones is 2. The monoisotopic (exact) mass is 400 g/mol. The lowest BCUT2D eigenvalue weighted by atomic mass is 10.0. The van der Waals surface area contributed by atoms with Crippen molar-refractivity contribution in [3.63, 3.8) is 0 Å². The SMILES string of the molecule is C=C(C)C(=O)Cc1ccc(OC(=O)Oc2ccc(C(=O)c3ccccc3)cc2)cc1. The molecule has 3 aromatic carbocycles. The number of Topliss-reactive ketones (excluding diaryl/α,β-unsaturated/α-hetero) is 1. The van der Waals surface area contributed by atoms with E-state index in [1.807, 2.05) is 6.07 Å². The predicted octanol–water partition coefficient (Wildman–Crippen LogP) is 5.18. The van der Waals surface area contributed by atoms with Crippen LogP contribution in [0, 0.1) is 0 Å². The van der Waals surface area contributed by atoms with Gasteiger partial charge in [-0.05, 0) is 54.5 Å². The fourth-order valence-corrected chi connectivity index (χ4v) is 2.66. The lowest BCUT2D eigenvalue weighted by Crippen LogP contribution is -2.14. The summed E-state index contributed by atoms with van der Waals surface area (Å²) in [5.41, 5.74) is 2.36. The molecule has 0 bridgehead atoms. The maximum atomic E-state index is 12.4. The van der Waals surface area contributed by atoms with E-state index in [2.05, 4.69) is 6.58 Å².